The lowest BCUT2D eigenvalue weighted by atomic mass is 10.1. The molecule has 0 aromatic heterocycles. The summed E-state index contributed by atoms with van der Waals surface area (Å²) < 4.78 is 18.4. The third kappa shape index (κ3) is 4.20. The molecule has 0 fully saturated rings. The van der Waals surface area contributed by atoms with E-state index in [0.29, 0.717) is 29.6 Å². The molecule has 2 aromatic carbocycles. The third-order valence-corrected chi connectivity index (χ3v) is 4.01. The Morgan fingerprint density at radius 3 is 2.65 bits per heavy atom. The number of rotatable bonds is 5. The van der Waals surface area contributed by atoms with E-state index in [0.717, 1.165) is 5.56 Å². The summed E-state index contributed by atoms with van der Waals surface area (Å²) in [7, 11) is 0. The van der Waals surface area contributed by atoms with Crippen molar-refractivity contribution in [2.75, 3.05) is 23.4 Å². The maximum atomic E-state index is 12.9. The number of amides is 2. The number of nitrogens with one attached hydrogen (secondary N) is 1. The van der Waals surface area contributed by atoms with Gasteiger partial charge in [0.15, 0.2) is 6.61 Å². The molecule has 1 heterocycles. The molecule has 1 aliphatic rings. The molecule has 0 saturated carbocycles. The summed E-state index contributed by atoms with van der Waals surface area (Å²) in [6, 6.07) is 11.1. The summed E-state index contributed by atoms with van der Waals surface area (Å²) >= 11 is 0. The lowest BCUT2D eigenvalue weighted by molar-refractivity contribution is -0.121. The van der Waals surface area contributed by atoms with Gasteiger partial charge in [0, 0.05) is 12.2 Å². The van der Waals surface area contributed by atoms with Gasteiger partial charge in [-0.1, -0.05) is 26.0 Å². The van der Waals surface area contributed by atoms with Crippen molar-refractivity contribution in [2.24, 2.45) is 5.92 Å². The van der Waals surface area contributed by atoms with Gasteiger partial charge in [0.2, 0.25) is 5.91 Å². The normalized spacial score (nSPS) is 13.4. The molecule has 0 atom stereocenters. The van der Waals surface area contributed by atoms with Crippen LogP contribution in [-0.4, -0.2) is 25.0 Å². The van der Waals surface area contributed by atoms with Crippen LogP contribution in [-0.2, 0) is 16.0 Å². The number of halogens is 1. The van der Waals surface area contributed by atoms with Crippen molar-refractivity contribution in [3.63, 3.8) is 0 Å². The molecule has 0 spiro atoms. The number of hydrogen-bond acceptors (Lipinski definition) is 3. The minimum atomic E-state index is -0.334. The maximum Gasteiger partial charge on any atom is 0.265 e. The van der Waals surface area contributed by atoms with Crippen LogP contribution in [0.3, 0.4) is 0 Å². The first-order valence-corrected chi connectivity index (χ1v) is 8.54. The number of fused-ring (bicyclic) bond motifs is 1. The van der Waals surface area contributed by atoms with Crippen LogP contribution >= 0.6 is 0 Å². The lowest BCUT2D eigenvalue weighted by Gasteiger charge is -2.31. The lowest BCUT2D eigenvalue weighted by Crippen LogP contribution is -2.41. The van der Waals surface area contributed by atoms with Crippen molar-refractivity contribution in [2.45, 2.75) is 20.3 Å². The Labute approximate surface area is 151 Å². The maximum absolute atomic E-state index is 12.9. The molecule has 136 valence electrons. The Hall–Kier alpha value is -2.89. The van der Waals surface area contributed by atoms with E-state index in [2.05, 4.69) is 5.32 Å². The highest BCUT2D eigenvalue weighted by molar-refractivity contribution is 5.99. The van der Waals surface area contributed by atoms with Crippen LogP contribution in [0.1, 0.15) is 19.4 Å². The van der Waals surface area contributed by atoms with Crippen LogP contribution in [0.4, 0.5) is 15.8 Å². The zero-order valence-corrected chi connectivity index (χ0v) is 14.8. The van der Waals surface area contributed by atoms with E-state index in [1.807, 2.05) is 13.8 Å². The Balaban J connectivity index is 1.75. The molecular weight excluding hydrogens is 335 g/mol. The number of benzene rings is 2. The zero-order chi connectivity index (χ0) is 18.7. The van der Waals surface area contributed by atoms with Gasteiger partial charge in [-0.2, -0.15) is 0 Å². The van der Waals surface area contributed by atoms with Crippen molar-refractivity contribution < 1.29 is 18.7 Å². The van der Waals surface area contributed by atoms with Gasteiger partial charge in [-0.15, -0.1) is 0 Å². The summed E-state index contributed by atoms with van der Waals surface area (Å²) in [4.78, 5) is 26.1. The Morgan fingerprint density at radius 1 is 1.23 bits per heavy atom. The predicted molar refractivity (Wildman–Crippen MR) is 97.9 cm³/mol. The van der Waals surface area contributed by atoms with Crippen LogP contribution in [0.5, 0.6) is 5.75 Å². The molecular formula is C20H21FN2O3. The molecule has 2 aromatic rings. The molecule has 0 unspecified atom stereocenters. The van der Waals surface area contributed by atoms with E-state index in [-0.39, 0.29) is 30.7 Å². The van der Waals surface area contributed by atoms with Crippen molar-refractivity contribution in [3.05, 3.63) is 53.8 Å². The van der Waals surface area contributed by atoms with Gasteiger partial charge in [0.05, 0.1) is 12.1 Å². The average Bonchev–Trinajstić information content (AvgIpc) is 2.59. The monoisotopic (exact) mass is 356 g/mol. The van der Waals surface area contributed by atoms with Crippen LogP contribution in [0.2, 0.25) is 0 Å². The second-order valence-corrected chi connectivity index (χ2v) is 6.72. The quantitative estimate of drug-likeness (QED) is 0.893. The minimum Gasteiger partial charge on any atom is -0.482 e. The highest BCUT2D eigenvalue weighted by Gasteiger charge is 2.26. The largest absolute Gasteiger partial charge is 0.482 e. The fourth-order valence-electron chi connectivity index (χ4n) is 2.84. The number of ether oxygens (including phenoxy) is 1. The first-order chi connectivity index (χ1) is 12.4. The molecule has 0 saturated heterocycles. The molecule has 0 aliphatic carbocycles. The van der Waals surface area contributed by atoms with Crippen molar-refractivity contribution in [3.8, 4) is 5.75 Å². The standard InChI is InChI=1S/C20H21FN2O3/c1-13(2)11-23-17-10-16(7-8-18(17)26-12-20(23)25)22-19(24)9-14-3-5-15(21)6-4-14/h3-8,10,13H,9,11-12H2,1-2H3,(H,22,24). The number of carbonyl (C=O) groups is 2. The highest BCUT2D eigenvalue weighted by atomic mass is 19.1. The Kier molecular flexibility index (Phi) is 5.21. The van der Waals surface area contributed by atoms with Gasteiger partial charge in [0.1, 0.15) is 11.6 Å². The number of carbonyl (C=O) groups excluding carboxylic acids is 2. The fourth-order valence-corrected chi connectivity index (χ4v) is 2.84. The zero-order valence-electron chi connectivity index (χ0n) is 14.8. The van der Waals surface area contributed by atoms with Crippen molar-refractivity contribution in [1.82, 2.24) is 0 Å². The van der Waals surface area contributed by atoms with Crippen molar-refractivity contribution >= 4 is 23.2 Å². The highest BCUT2D eigenvalue weighted by Crippen LogP contribution is 2.35. The third-order valence-electron chi connectivity index (χ3n) is 4.01. The first kappa shape index (κ1) is 17.9. The van der Waals surface area contributed by atoms with Crippen LogP contribution in [0, 0.1) is 11.7 Å². The average molecular weight is 356 g/mol. The van der Waals surface area contributed by atoms with Crippen molar-refractivity contribution in [1.29, 1.82) is 0 Å². The summed E-state index contributed by atoms with van der Waals surface area (Å²) in [6.07, 6.45) is 0.141. The first-order valence-electron chi connectivity index (χ1n) is 8.54. The second-order valence-electron chi connectivity index (χ2n) is 6.72. The fraction of sp³-hybridized carbons (Fsp3) is 0.300. The number of anilines is 2. The number of hydrogen-bond donors (Lipinski definition) is 1. The molecule has 0 radical (unpaired) electrons. The molecule has 26 heavy (non-hydrogen) atoms. The minimum absolute atomic E-state index is 0.0238. The molecule has 1 aliphatic heterocycles. The summed E-state index contributed by atoms with van der Waals surface area (Å²) in [5.41, 5.74) is 1.97. The second kappa shape index (κ2) is 7.56. The van der Waals surface area contributed by atoms with Crippen LogP contribution in [0.25, 0.3) is 0 Å². The smallest absolute Gasteiger partial charge is 0.265 e. The van der Waals surface area contributed by atoms with E-state index in [1.165, 1.54) is 12.1 Å². The number of nitrogens with zero attached hydrogens (tertiary/aromatic N) is 1. The molecule has 2 amide bonds. The van der Waals surface area contributed by atoms with E-state index in [1.54, 1.807) is 35.2 Å². The van der Waals surface area contributed by atoms with Gasteiger partial charge in [-0.05, 0) is 41.8 Å². The van der Waals surface area contributed by atoms with E-state index >= 15 is 0 Å². The summed E-state index contributed by atoms with van der Waals surface area (Å²) in [5, 5.41) is 2.82. The van der Waals surface area contributed by atoms with Gasteiger partial charge in [-0.3, -0.25) is 9.59 Å². The SMILES string of the molecule is CC(C)CN1C(=O)COc2ccc(NC(=O)Cc3ccc(F)cc3)cc21. The Morgan fingerprint density at radius 2 is 1.96 bits per heavy atom. The molecule has 3 rings (SSSR count). The van der Waals surface area contributed by atoms with Gasteiger partial charge in [-0.25, -0.2) is 4.39 Å². The Bertz CT molecular complexity index is 818. The summed E-state index contributed by atoms with van der Waals surface area (Å²) in [5.74, 6) is 0.290. The van der Waals surface area contributed by atoms with E-state index in [9.17, 15) is 14.0 Å². The van der Waals surface area contributed by atoms with Crippen LogP contribution < -0.4 is 15.0 Å². The summed E-state index contributed by atoms with van der Waals surface area (Å²) in [6.45, 7) is 4.69. The van der Waals surface area contributed by atoms with Gasteiger partial charge in [0.25, 0.3) is 5.91 Å². The molecule has 1 N–H and O–H groups in total. The van der Waals surface area contributed by atoms with Gasteiger partial charge < -0.3 is 15.0 Å². The molecule has 6 heteroatoms. The van der Waals surface area contributed by atoms with Crippen LogP contribution in [0.15, 0.2) is 42.5 Å². The van der Waals surface area contributed by atoms with E-state index < -0.39 is 0 Å². The predicted octanol–water partition coefficient (Wildman–Crippen LogP) is 3.39. The molecule has 5 nitrogen and oxygen atoms in total. The van der Waals surface area contributed by atoms with E-state index in [4.69, 9.17) is 4.74 Å². The van der Waals surface area contributed by atoms with Gasteiger partial charge >= 0.3 is 0 Å². The molecule has 0 bridgehead atoms. The topological polar surface area (TPSA) is 58.6 Å².